The summed E-state index contributed by atoms with van der Waals surface area (Å²) in [4.78, 5) is 11.5. The minimum absolute atomic E-state index is 0.00593. The number of carbonyl (C=O) groups excluding carboxylic acids is 1. The first-order chi connectivity index (χ1) is 6.81. The molecule has 1 aliphatic rings. The topological polar surface area (TPSA) is 39.4 Å². The molecule has 2 rings (SSSR count). The maximum atomic E-state index is 11.5. The molecule has 0 amide bonds. The first-order valence-electron chi connectivity index (χ1n) is 5.03. The van der Waals surface area contributed by atoms with Crippen LogP contribution in [-0.4, -0.2) is 12.6 Å². The smallest absolute Gasteiger partial charge is 0.309 e. The maximum absolute atomic E-state index is 11.5. The minimum atomic E-state index is -0.0884. The van der Waals surface area contributed by atoms with E-state index in [1.807, 2.05) is 13.0 Å². The number of fused-ring (bicyclic) bond motifs is 1. The van der Waals surface area contributed by atoms with Gasteiger partial charge in [0.25, 0.3) is 0 Å². The third kappa shape index (κ3) is 1.67. The summed E-state index contributed by atoms with van der Waals surface area (Å²) in [5.74, 6) is 0.859. The Labute approximate surface area is 83.0 Å². The molecule has 1 aromatic rings. The Balaban J connectivity index is 2.04. The van der Waals surface area contributed by atoms with E-state index in [4.69, 9.17) is 9.15 Å². The zero-order chi connectivity index (χ0) is 9.97. The molecule has 3 heteroatoms. The van der Waals surface area contributed by atoms with Crippen LogP contribution in [0, 0.1) is 5.92 Å². The molecule has 1 aliphatic carbocycles. The van der Waals surface area contributed by atoms with Gasteiger partial charge in [-0.2, -0.15) is 0 Å². The highest BCUT2D eigenvalue weighted by atomic mass is 16.5. The van der Waals surface area contributed by atoms with Gasteiger partial charge in [0, 0.05) is 6.42 Å². The number of rotatable bonds is 2. The molecule has 0 radical (unpaired) electrons. The van der Waals surface area contributed by atoms with Gasteiger partial charge < -0.3 is 9.15 Å². The van der Waals surface area contributed by atoms with Crippen LogP contribution in [0.2, 0.25) is 0 Å². The highest BCUT2D eigenvalue weighted by Crippen LogP contribution is 2.26. The van der Waals surface area contributed by atoms with E-state index in [0.29, 0.717) is 13.0 Å². The van der Waals surface area contributed by atoms with E-state index in [2.05, 4.69) is 0 Å². The lowest BCUT2D eigenvalue weighted by Crippen LogP contribution is -2.23. The number of esters is 1. The normalized spacial score (nSPS) is 20.2. The quantitative estimate of drug-likeness (QED) is 0.675. The Morgan fingerprint density at radius 1 is 1.71 bits per heavy atom. The monoisotopic (exact) mass is 194 g/mol. The van der Waals surface area contributed by atoms with Gasteiger partial charge in [0.1, 0.15) is 5.76 Å². The number of ether oxygens (including phenoxy) is 1. The largest absolute Gasteiger partial charge is 0.469 e. The molecular formula is C11H14O3. The van der Waals surface area contributed by atoms with Crippen LogP contribution in [0.15, 0.2) is 16.7 Å². The van der Waals surface area contributed by atoms with Crippen molar-refractivity contribution >= 4 is 5.97 Å². The average molecular weight is 194 g/mol. The molecule has 1 aromatic heterocycles. The molecule has 0 unspecified atom stereocenters. The van der Waals surface area contributed by atoms with E-state index in [1.165, 1.54) is 5.56 Å². The lowest BCUT2D eigenvalue weighted by molar-refractivity contribution is -0.148. The van der Waals surface area contributed by atoms with Gasteiger partial charge in [-0.15, -0.1) is 0 Å². The van der Waals surface area contributed by atoms with Gasteiger partial charge >= 0.3 is 5.97 Å². The van der Waals surface area contributed by atoms with Crippen molar-refractivity contribution in [2.24, 2.45) is 5.92 Å². The van der Waals surface area contributed by atoms with Crippen molar-refractivity contribution in [1.82, 2.24) is 0 Å². The van der Waals surface area contributed by atoms with Crippen LogP contribution in [0.5, 0.6) is 0 Å². The fourth-order valence-corrected chi connectivity index (χ4v) is 1.89. The third-order valence-corrected chi connectivity index (χ3v) is 2.65. The van der Waals surface area contributed by atoms with Crippen LogP contribution < -0.4 is 0 Å². The molecule has 0 fully saturated rings. The molecule has 0 saturated heterocycles. The molecule has 0 N–H and O–H groups in total. The number of aryl methyl sites for hydroxylation is 1. The summed E-state index contributed by atoms with van der Waals surface area (Å²) in [6, 6.07) is 1.98. The molecule has 0 saturated carbocycles. The summed E-state index contributed by atoms with van der Waals surface area (Å²) < 4.78 is 10.3. The van der Waals surface area contributed by atoms with Crippen molar-refractivity contribution in [3.63, 3.8) is 0 Å². The Hall–Kier alpha value is -1.25. The second kappa shape index (κ2) is 3.86. The maximum Gasteiger partial charge on any atom is 0.309 e. The predicted molar refractivity (Wildman–Crippen MR) is 50.9 cm³/mol. The molecule has 1 heterocycles. The van der Waals surface area contributed by atoms with Gasteiger partial charge in [0.2, 0.25) is 0 Å². The van der Waals surface area contributed by atoms with Crippen LogP contribution in [0.4, 0.5) is 0 Å². The van der Waals surface area contributed by atoms with Gasteiger partial charge in [-0.1, -0.05) is 0 Å². The van der Waals surface area contributed by atoms with E-state index < -0.39 is 0 Å². The molecule has 1 atom stereocenters. The van der Waals surface area contributed by atoms with Crippen LogP contribution in [-0.2, 0) is 22.4 Å². The van der Waals surface area contributed by atoms with E-state index in [0.717, 1.165) is 18.6 Å². The zero-order valence-corrected chi connectivity index (χ0v) is 8.29. The van der Waals surface area contributed by atoms with Crippen molar-refractivity contribution in [1.29, 1.82) is 0 Å². The van der Waals surface area contributed by atoms with Gasteiger partial charge in [0.15, 0.2) is 0 Å². The first kappa shape index (κ1) is 9.31. The molecule has 0 aliphatic heterocycles. The second-order valence-corrected chi connectivity index (χ2v) is 3.56. The SMILES string of the molecule is CCOC(=O)[C@H]1CCc2ccoc2C1. The Morgan fingerprint density at radius 3 is 3.36 bits per heavy atom. The number of carbonyl (C=O) groups is 1. The van der Waals surface area contributed by atoms with Gasteiger partial charge in [-0.3, -0.25) is 4.79 Å². The Kier molecular flexibility index (Phi) is 2.57. The van der Waals surface area contributed by atoms with Crippen LogP contribution in [0.1, 0.15) is 24.7 Å². The van der Waals surface area contributed by atoms with Crippen molar-refractivity contribution in [3.05, 3.63) is 23.7 Å². The van der Waals surface area contributed by atoms with Crippen LogP contribution >= 0.6 is 0 Å². The Morgan fingerprint density at radius 2 is 2.57 bits per heavy atom. The molecule has 0 bridgehead atoms. The average Bonchev–Trinajstić information content (AvgIpc) is 2.64. The van der Waals surface area contributed by atoms with Crippen LogP contribution in [0.3, 0.4) is 0 Å². The Bertz CT molecular complexity index is 327. The van der Waals surface area contributed by atoms with E-state index in [1.54, 1.807) is 6.26 Å². The predicted octanol–water partition coefficient (Wildman–Crippen LogP) is 1.95. The molecule has 14 heavy (non-hydrogen) atoms. The van der Waals surface area contributed by atoms with Crippen molar-refractivity contribution < 1.29 is 13.9 Å². The summed E-state index contributed by atoms with van der Waals surface area (Å²) in [7, 11) is 0. The second-order valence-electron chi connectivity index (χ2n) is 3.56. The number of hydrogen-bond donors (Lipinski definition) is 0. The van der Waals surface area contributed by atoms with Crippen molar-refractivity contribution in [2.45, 2.75) is 26.2 Å². The molecule has 3 nitrogen and oxygen atoms in total. The summed E-state index contributed by atoms with van der Waals surface area (Å²) in [6.07, 6.45) is 4.19. The number of hydrogen-bond acceptors (Lipinski definition) is 3. The van der Waals surface area contributed by atoms with Gasteiger partial charge in [-0.05, 0) is 31.4 Å². The van der Waals surface area contributed by atoms with E-state index in [-0.39, 0.29) is 11.9 Å². The van der Waals surface area contributed by atoms with E-state index >= 15 is 0 Å². The molecule has 0 spiro atoms. The first-order valence-corrected chi connectivity index (χ1v) is 5.03. The molecular weight excluding hydrogens is 180 g/mol. The van der Waals surface area contributed by atoms with Crippen molar-refractivity contribution in [2.75, 3.05) is 6.61 Å². The summed E-state index contributed by atoms with van der Waals surface area (Å²) >= 11 is 0. The minimum Gasteiger partial charge on any atom is -0.469 e. The standard InChI is InChI=1S/C11H14O3/c1-2-13-11(12)9-4-3-8-5-6-14-10(8)7-9/h5-6,9H,2-4,7H2,1H3/t9-/m0/s1. The van der Waals surface area contributed by atoms with Gasteiger partial charge in [-0.25, -0.2) is 0 Å². The fourth-order valence-electron chi connectivity index (χ4n) is 1.89. The third-order valence-electron chi connectivity index (χ3n) is 2.65. The fraction of sp³-hybridized carbons (Fsp3) is 0.545. The molecule has 0 aromatic carbocycles. The summed E-state index contributed by atoms with van der Waals surface area (Å²) in [6.45, 7) is 2.29. The van der Waals surface area contributed by atoms with Crippen LogP contribution in [0.25, 0.3) is 0 Å². The van der Waals surface area contributed by atoms with E-state index in [9.17, 15) is 4.79 Å². The number of furan rings is 1. The van der Waals surface area contributed by atoms with Crippen molar-refractivity contribution in [3.8, 4) is 0 Å². The zero-order valence-electron chi connectivity index (χ0n) is 8.29. The lowest BCUT2D eigenvalue weighted by Gasteiger charge is -2.19. The summed E-state index contributed by atoms with van der Waals surface area (Å²) in [5.41, 5.74) is 1.24. The highest BCUT2D eigenvalue weighted by Gasteiger charge is 2.27. The lowest BCUT2D eigenvalue weighted by atomic mass is 9.88. The van der Waals surface area contributed by atoms with Gasteiger partial charge in [0.05, 0.1) is 18.8 Å². The molecule has 76 valence electrons. The summed E-state index contributed by atoms with van der Waals surface area (Å²) in [5, 5.41) is 0. The highest BCUT2D eigenvalue weighted by molar-refractivity contribution is 5.73.